The number of rotatable bonds is 4. The van der Waals surface area contributed by atoms with Crippen molar-refractivity contribution in [2.45, 2.75) is 25.8 Å². The third-order valence-electron chi connectivity index (χ3n) is 3.03. The summed E-state index contributed by atoms with van der Waals surface area (Å²) >= 11 is 0. The van der Waals surface area contributed by atoms with Crippen molar-refractivity contribution in [3.8, 4) is 6.07 Å². The highest BCUT2D eigenvalue weighted by atomic mass is 16.4. The number of aryl methyl sites for hydroxylation is 1. The van der Waals surface area contributed by atoms with E-state index < -0.39 is 12.0 Å². The van der Waals surface area contributed by atoms with Crippen LogP contribution in [0.5, 0.6) is 0 Å². The lowest BCUT2D eigenvalue weighted by atomic mass is 10.1. The Hall–Kier alpha value is -2.02. The number of nitrogens with zero attached hydrogens (tertiary/aromatic N) is 1. The highest BCUT2D eigenvalue weighted by Crippen LogP contribution is 2.34. The standard InChI is InChI=1S/C13H14N2O2/c1-8-6-9(7-14)2-5-11(8)15-12(13(16)17)10-3-4-10/h2,5-6,10,12,15H,3-4H2,1H3,(H,16,17). The molecule has 1 aromatic carbocycles. The first kappa shape index (κ1) is 11.5. The predicted octanol–water partition coefficient (Wildman–Crippen LogP) is 2.14. The molecule has 1 saturated carbocycles. The lowest BCUT2D eigenvalue weighted by Crippen LogP contribution is -2.31. The van der Waals surface area contributed by atoms with Gasteiger partial charge in [0.15, 0.2) is 0 Å². The van der Waals surface area contributed by atoms with Crippen LogP contribution in [0.3, 0.4) is 0 Å². The van der Waals surface area contributed by atoms with E-state index in [-0.39, 0.29) is 5.92 Å². The van der Waals surface area contributed by atoms with Crippen molar-refractivity contribution in [1.29, 1.82) is 5.26 Å². The third-order valence-corrected chi connectivity index (χ3v) is 3.03. The average Bonchev–Trinajstić information content (AvgIpc) is 3.10. The number of hydrogen-bond donors (Lipinski definition) is 2. The maximum Gasteiger partial charge on any atom is 0.326 e. The first-order chi connectivity index (χ1) is 8.11. The monoisotopic (exact) mass is 230 g/mol. The second-order valence-electron chi connectivity index (χ2n) is 4.44. The normalized spacial score (nSPS) is 16.0. The molecule has 1 unspecified atom stereocenters. The van der Waals surface area contributed by atoms with Crippen LogP contribution in [0, 0.1) is 24.2 Å². The summed E-state index contributed by atoms with van der Waals surface area (Å²) in [7, 11) is 0. The number of hydrogen-bond acceptors (Lipinski definition) is 3. The van der Waals surface area contributed by atoms with Gasteiger partial charge in [-0.05, 0) is 49.4 Å². The Balaban J connectivity index is 2.17. The molecule has 4 nitrogen and oxygen atoms in total. The van der Waals surface area contributed by atoms with Crippen molar-refractivity contribution < 1.29 is 9.90 Å². The molecule has 1 fully saturated rings. The number of carboxylic acids is 1. The summed E-state index contributed by atoms with van der Waals surface area (Å²) < 4.78 is 0. The first-order valence-electron chi connectivity index (χ1n) is 5.62. The van der Waals surface area contributed by atoms with Crippen molar-refractivity contribution in [1.82, 2.24) is 0 Å². The molecule has 88 valence electrons. The second kappa shape index (κ2) is 4.46. The minimum absolute atomic E-state index is 0.238. The predicted molar refractivity (Wildman–Crippen MR) is 63.7 cm³/mol. The van der Waals surface area contributed by atoms with Crippen LogP contribution in [0.15, 0.2) is 18.2 Å². The van der Waals surface area contributed by atoms with E-state index in [0.717, 1.165) is 24.1 Å². The van der Waals surface area contributed by atoms with Gasteiger partial charge in [0.1, 0.15) is 6.04 Å². The van der Waals surface area contributed by atoms with Gasteiger partial charge in [0, 0.05) is 5.69 Å². The topological polar surface area (TPSA) is 73.1 Å². The average molecular weight is 230 g/mol. The number of carboxylic acid groups (broad SMARTS) is 1. The summed E-state index contributed by atoms with van der Waals surface area (Å²) in [5.41, 5.74) is 2.28. The molecular weight excluding hydrogens is 216 g/mol. The zero-order valence-electron chi connectivity index (χ0n) is 9.60. The van der Waals surface area contributed by atoms with Crippen molar-refractivity contribution in [3.63, 3.8) is 0 Å². The van der Waals surface area contributed by atoms with Crippen LogP contribution in [0.4, 0.5) is 5.69 Å². The van der Waals surface area contributed by atoms with Crippen molar-refractivity contribution in [3.05, 3.63) is 29.3 Å². The molecule has 0 aromatic heterocycles. The summed E-state index contributed by atoms with van der Waals surface area (Å²) in [5.74, 6) is -0.571. The van der Waals surface area contributed by atoms with Gasteiger partial charge in [-0.2, -0.15) is 5.26 Å². The Morgan fingerprint density at radius 3 is 2.76 bits per heavy atom. The quantitative estimate of drug-likeness (QED) is 0.831. The fourth-order valence-corrected chi connectivity index (χ4v) is 1.87. The van der Waals surface area contributed by atoms with Gasteiger partial charge in [-0.1, -0.05) is 0 Å². The highest BCUT2D eigenvalue weighted by molar-refractivity contribution is 5.78. The van der Waals surface area contributed by atoms with Crippen LogP contribution in [-0.2, 0) is 4.79 Å². The molecule has 17 heavy (non-hydrogen) atoms. The molecule has 0 radical (unpaired) electrons. The number of nitrogens with one attached hydrogen (secondary N) is 1. The van der Waals surface area contributed by atoms with Crippen LogP contribution >= 0.6 is 0 Å². The molecule has 0 bridgehead atoms. The fourth-order valence-electron chi connectivity index (χ4n) is 1.87. The van der Waals surface area contributed by atoms with Gasteiger partial charge in [-0.3, -0.25) is 0 Å². The third kappa shape index (κ3) is 2.56. The summed E-state index contributed by atoms with van der Waals surface area (Å²) in [6, 6.07) is 6.77. The molecule has 4 heteroatoms. The van der Waals surface area contributed by atoms with E-state index in [4.69, 9.17) is 10.4 Å². The van der Waals surface area contributed by atoms with Crippen molar-refractivity contribution in [2.75, 3.05) is 5.32 Å². The summed E-state index contributed by atoms with van der Waals surface area (Å²) in [6.45, 7) is 1.87. The van der Waals surface area contributed by atoms with E-state index in [0.29, 0.717) is 5.56 Å². The zero-order valence-corrected chi connectivity index (χ0v) is 9.60. The van der Waals surface area contributed by atoms with Crippen LogP contribution in [0.1, 0.15) is 24.0 Å². The highest BCUT2D eigenvalue weighted by Gasteiger charge is 2.36. The summed E-state index contributed by atoms with van der Waals surface area (Å²) in [4.78, 5) is 11.1. The SMILES string of the molecule is Cc1cc(C#N)ccc1NC(C(=O)O)C1CC1. The van der Waals surface area contributed by atoms with Crippen LogP contribution in [0.25, 0.3) is 0 Å². The van der Waals surface area contributed by atoms with Crippen molar-refractivity contribution >= 4 is 11.7 Å². The van der Waals surface area contributed by atoms with E-state index in [2.05, 4.69) is 11.4 Å². The Morgan fingerprint density at radius 2 is 2.29 bits per heavy atom. The van der Waals surface area contributed by atoms with E-state index in [9.17, 15) is 4.79 Å². The molecule has 0 aliphatic heterocycles. The molecule has 0 heterocycles. The van der Waals surface area contributed by atoms with Crippen molar-refractivity contribution in [2.24, 2.45) is 5.92 Å². The molecule has 1 aliphatic carbocycles. The molecular formula is C13H14N2O2. The van der Waals surface area contributed by atoms with E-state index in [1.807, 2.05) is 6.92 Å². The Labute approximate surface area is 99.9 Å². The van der Waals surface area contributed by atoms with Gasteiger partial charge in [-0.25, -0.2) is 4.79 Å². The van der Waals surface area contributed by atoms with E-state index in [1.54, 1.807) is 18.2 Å². The maximum absolute atomic E-state index is 11.1. The second-order valence-corrected chi connectivity index (χ2v) is 4.44. The lowest BCUT2D eigenvalue weighted by Gasteiger charge is -2.16. The number of benzene rings is 1. The van der Waals surface area contributed by atoms with Gasteiger partial charge >= 0.3 is 5.97 Å². The molecule has 0 spiro atoms. The molecule has 0 saturated heterocycles. The minimum Gasteiger partial charge on any atom is -0.480 e. The van der Waals surface area contributed by atoms with Gasteiger partial charge < -0.3 is 10.4 Å². The molecule has 1 atom stereocenters. The summed E-state index contributed by atoms with van der Waals surface area (Å²) in [6.07, 6.45) is 1.94. The molecule has 0 amide bonds. The largest absolute Gasteiger partial charge is 0.480 e. The maximum atomic E-state index is 11.1. The molecule has 2 N–H and O–H groups in total. The Bertz CT molecular complexity index is 487. The van der Waals surface area contributed by atoms with Gasteiger partial charge in [0.05, 0.1) is 11.6 Å². The zero-order chi connectivity index (χ0) is 12.4. The number of anilines is 1. The fraction of sp³-hybridized carbons (Fsp3) is 0.385. The van der Waals surface area contributed by atoms with Crippen LogP contribution < -0.4 is 5.32 Å². The minimum atomic E-state index is -0.809. The Kier molecular flexibility index (Phi) is 3.01. The van der Waals surface area contributed by atoms with Gasteiger partial charge in [-0.15, -0.1) is 0 Å². The van der Waals surface area contributed by atoms with Crippen LogP contribution in [0.2, 0.25) is 0 Å². The lowest BCUT2D eigenvalue weighted by molar-refractivity contribution is -0.138. The summed E-state index contributed by atoms with van der Waals surface area (Å²) in [5, 5.41) is 20.9. The molecule has 2 rings (SSSR count). The van der Waals surface area contributed by atoms with E-state index >= 15 is 0 Å². The molecule has 1 aliphatic rings. The Morgan fingerprint density at radius 1 is 1.59 bits per heavy atom. The van der Waals surface area contributed by atoms with Crippen LogP contribution in [-0.4, -0.2) is 17.1 Å². The first-order valence-corrected chi connectivity index (χ1v) is 5.62. The smallest absolute Gasteiger partial charge is 0.326 e. The number of carbonyl (C=O) groups is 1. The van der Waals surface area contributed by atoms with Gasteiger partial charge in [0.25, 0.3) is 0 Å². The number of aliphatic carboxylic acids is 1. The van der Waals surface area contributed by atoms with E-state index in [1.165, 1.54) is 0 Å². The number of nitriles is 1. The molecule has 1 aromatic rings. The van der Waals surface area contributed by atoms with Gasteiger partial charge in [0.2, 0.25) is 0 Å².